The highest BCUT2D eigenvalue weighted by Crippen LogP contribution is 2.40. The maximum atomic E-state index is 13.1. The number of thiophene rings is 1. The van der Waals surface area contributed by atoms with Crippen molar-refractivity contribution in [1.82, 2.24) is 5.32 Å². The maximum absolute atomic E-state index is 13.1. The van der Waals surface area contributed by atoms with E-state index in [1.165, 1.54) is 4.88 Å². The maximum Gasteiger partial charge on any atom is 0.255 e. The minimum absolute atomic E-state index is 0.0854. The molecule has 1 N–H and O–H groups in total. The standard InChI is InChI=1S/C24H24I2N2O3S/c1-14(2)31-22-18(25)10-15(11-19(22)26)12-28-24-21(17-7-3-4-8-20(17)32-24)23(29)27-13-16-6-5-9-30-16/h5-6,9-12,14H,3-4,7-8,13H2,1-2H3,(H,27,29). The van der Waals surface area contributed by atoms with Crippen LogP contribution >= 0.6 is 56.5 Å². The highest BCUT2D eigenvalue weighted by Gasteiger charge is 2.25. The molecule has 2 aromatic heterocycles. The smallest absolute Gasteiger partial charge is 0.255 e. The van der Waals surface area contributed by atoms with E-state index in [1.807, 2.05) is 32.2 Å². The number of carbonyl (C=O) groups excluding carboxylic acids is 1. The highest BCUT2D eigenvalue weighted by molar-refractivity contribution is 14.1. The molecule has 0 atom stereocenters. The fourth-order valence-corrected chi connectivity index (χ4v) is 6.98. The molecule has 3 aromatic rings. The topological polar surface area (TPSA) is 63.8 Å². The van der Waals surface area contributed by atoms with Crippen LogP contribution in [-0.4, -0.2) is 18.2 Å². The summed E-state index contributed by atoms with van der Waals surface area (Å²) in [5.74, 6) is 1.56. The summed E-state index contributed by atoms with van der Waals surface area (Å²) < 4.78 is 13.4. The molecule has 5 nitrogen and oxygen atoms in total. The predicted molar refractivity (Wildman–Crippen MR) is 146 cm³/mol. The number of halogens is 2. The van der Waals surface area contributed by atoms with E-state index < -0.39 is 0 Å². The van der Waals surface area contributed by atoms with Crippen LogP contribution in [0.5, 0.6) is 5.75 Å². The van der Waals surface area contributed by atoms with Crippen LogP contribution in [0.4, 0.5) is 5.00 Å². The van der Waals surface area contributed by atoms with E-state index in [2.05, 4.69) is 62.6 Å². The number of rotatable bonds is 7. The van der Waals surface area contributed by atoms with Crippen molar-refractivity contribution in [2.75, 3.05) is 0 Å². The van der Waals surface area contributed by atoms with Gasteiger partial charge in [0, 0.05) is 11.1 Å². The molecule has 168 valence electrons. The van der Waals surface area contributed by atoms with Gasteiger partial charge in [0.2, 0.25) is 0 Å². The summed E-state index contributed by atoms with van der Waals surface area (Å²) in [4.78, 5) is 19.2. The van der Waals surface area contributed by atoms with Gasteiger partial charge in [-0.2, -0.15) is 0 Å². The fraction of sp³-hybridized carbons (Fsp3) is 0.333. The average Bonchev–Trinajstić information content (AvgIpc) is 3.40. The SMILES string of the molecule is CC(C)Oc1c(I)cc(C=Nc2sc3c(c2C(=O)NCc2ccco2)CCCC3)cc1I. The molecule has 32 heavy (non-hydrogen) atoms. The third-order valence-corrected chi connectivity index (χ3v) is 7.89. The van der Waals surface area contributed by atoms with Crippen molar-refractivity contribution in [3.63, 3.8) is 0 Å². The normalized spacial score (nSPS) is 13.5. The Bertz CT molecular complexity index is 1110. The first-order chi connectivity index (χ1) is 15.4. The molecule has 0 saturated heterocycles. The lowest BCUT2D eigenvalue weighted by Crippen LogP contribution is -2.23. The number of hydrogen-bond donors (Lipinski definition) is 1. The van der Waals surface area contributed by atoms with Gasteiger partial charge < -0.3 is 14.5 Å². The molecule has 1 aliphatic rings. The number of benzene rings is 1. The molecule has 0 fully saturated rings. The summed E-state index contributed by atoms with van der Waals surface area (Å²) in [6.45, 7) is 4.42. The first kappa shape index (κ1) is 23.7. The number of furan rings is 1. The van der Waals surface area contributed by atoms with E-state index in [9.17, 15) is 4.79 Å². The molecule has 2 heterocycles. The number of nitrogens with zero attached hydrogens (tertiary/aromatic N) is 1. The first-order valence-corrected chi connectivity index (χ1v) is 13.5. The van der Waals surface area contributed by atoms with E-state index in [0.29, 0.717) is 6.54 Å². The van der Waals surface area contributed by atoms with E-state index in [1.54, 1.807) is 17.6 Å². The molecule has 0 aliphatic heterocycles. The fourth-order valence-electron chi connectivity index (χ4n) is 3.68. The minimum atomic E-state index is -0.0854. The van der Waals surface area contributed by atoms with Crippen LogP contribution in [0, 0.1) is 7.14 Å². The number of nitrogens with one attached hydrogen (secondary N) is 1. The van der Waals surface area contributed by atoms with Gasteiger partial charge in [0.1, 0.15) is 16.5 Å². The predicted octanol–water partition coefficient (Wildman–Crippen LogP) is 6.90. The summed E-state index contributed by atoms with van der Waals surface area (Å²) in [6, 6.07) is 7.81. The quantitative estimate of drug-likeness (QED) is 0.219. The van der Waals surface area contributed by atoms with Crippen LogP contribution in [0.3, 0.4) is 0 Å². The van der Waals surface area contributed by atoms with Crippen LogP contribution in [-0.2, 0) is 19.4 Å². The summed E-state index contributed by atoms with van der Waals surface area (Å²) >= 11 is 6.24. The van der Waals surface area contributed by atoms with E-state index >= 15 is 0 Å². The second-order valence-corrected chi connectivity index (χ2v) is 11.3. The van der Waals surface area contributed by atoms with Gasteiger partial charge in [-0.25, -0.2) is 4.99 Å². The van der Waals surface area contributed by atoms with Gasteiger partial charge in [-0.15, -0.1) is 11.3 Å². The zero-order chi connectivity index (χ0) is 22.7. The van der Waals surface area contributed by atoms with Gasteiger partial charge >= 0.3 is 0 Å². The number of carbonyl (C=O) groups is 1. The number of aryl methyl sites for hydroxylation is 1. The molecule has 4 rings (SSSR count). The third-order valence-electron chi connectivity index (χ3n) is 5.09. The summed E-state index contributed by atoms with van der Waals surface area (Å²) in [5, 5.41) is 3.78. The number of fused-ring (bicyclic) bond motifs is 1. The van der Waals surface area contributed by atoms with Crippen molar-refractivity contribution in [3.05, 3.63) is 65.0 Å². The number of amides is 1. The molecule has 0 radical (unpaired) electrons. The summed E-state index contributed by atoms with van der Waals surface area (Å²) in [6.07, 6.45) is 7.81. The van der Waals surface area contributed by atoms with Crippen LogP contribution in [0.15, 0.2) is 39.9 Å². The monoisotopic (exact) mass is 674 g/mol. The largest absolute Gasteiger partial charge is 0.489 e. The van der Waals surface area contributed by atoms with Gasteiger partial charge in [0.05, 0.1) is 31.6 Å². The lowest BCUT2D eigenvalue weighted by Gasteiger charge is -2.14. The van der Waals surface area contributed by atoms with Gasteiger partial charge in [-0.1, -0.05) is 0 Å². The Morgan fingerprint density at radius 1 is 1.28 bits per heavy atom. The van der Waals surface area contributed by atoms with Crippen molar-refractivity contribution in [2.45, 2.75) is 52.2 Å². The van der Waals surface area contributed by atoms with Crippen LogP contribution in [0.25, 0.3) is 0 Å². The minimum Gasteiger partial charge on any atom is -0.489 e. The van der Waals surface area contributed by atoms with Crippen molar-refractivity contribution < 1.29 is 13.9 Å². The Morgan fingerprint density at radius 3 is 2.72 bits per heavy atom. The molecule has 1 aromatic carbocycles. The number of aliphatic imine (C=N–C) groups is 1. The average molecular weight is 674 g/mol. The van der Waals surface area contributed by atoms with Gasteiger partial charge in [0.15, 0.2) is 0 Å². The Hall–Kier alpha value is -1.40. The van der Waals surface area contributed by atoms with E-state index in [0.717, 1.165) is 66.0 Å². The van der Waals surface area contributed by atoms with E-state index in [-0.39, 0.29) is 12.0 Å². The third kappa shape index (κ3) is 5.56. The summed E-state index contributed by atoms with van der Waals surface area (Å²) in [5.41, 5.74) is 2.87. The van der Waals surface area contributed by atoms with Crippen LogP contribution in [0.1, 0.15) is 58.8 Å². The summed E-state index contributed by atoms with van der Waals surface area (Å²) in [7, 11) is 0. The Kier molecular flexibility index (Phi) is 7.93. The first-order valence-electron chi connectivity index (χ1n) is 10.6. The van der Waals surface area contributed by atoms with Crippen LogP contribution < -0.4 is 10.1 Å². The molecule has 0 bridgehead atoms. The molecule has 0 saturated carbocycles. The Labute approximate surface area is 219 Å². The van der Waals surface area contributed by atoms with Gasteiger partial charge in [0.25, 0.3) is 5.91 Å². The molecule has 1 amide bonds. The highest BCUT2D eigenvalue weighted by atomic mass is 127. The van der Waals surface area contributed by atoms with Crippen molar-refractivity contribution in [3.8, 4) is 5.75 Å². The molecule has 0 spiro atoms. The molecular weight excluding hydrogens is 650 g/mol. The zero-order valence-corrected chi connectivity index (χ0v) is 23.0. The zero-order valence-electron chi connectivity index (χ0n) is 17.9. The second kappa shape index (κ2) is 10.7. The molecule has 0 unspecified atom stereocenters. The van der Waals surface area contributed by atoms with E-state index in [4.69, 9.17) is 14.1 Å². The number of hydrogen-bond acceptors (Lipinski definition) is 5. The molecule has 1 aliphatic carbocycles. The van der Waals surface area contributed by atoms with Gasteiger partial charge in [-0.3, -0.25) is 4.79 Å². The lowest BCUT2D eigenvalue weighted by atomic mass is 9.95. The Balaban J connectivity index is 1.61. The van der Waals surface area contributed by atoms with Crippen LogP contribution in [0.2, 0.25) is 0 Å². The van der Waals surface area contributed by atoms with Crippen molar-refractivity contribution >= 4 is 73.6 Å². The van der Waals surface area contributed by atoms with Gasteiger partial charge in [-0.05, 0) is 120 Å². The molecular formula is C24H24I2N2O3S. The van der Waals surface area contributed by atoms with Crippen molar-refractivity contribution in [1.29, 1.82) is 0 Å². The second-order valence-electron chi connectivity index (χ2n) is 7.89. The molecule has 8 heteroatoms. The number of ether oxygens (including phenoxy) is 1. The lowest BCUT2D eigenvalue weighted by molar-refractivity contribution is 0.0948. The Morgan fingerprint density at radius 2 is 2.03 bits per heavy atom. The van der Waals surface area contributed by atoms with Crippen molar-refractivity contribution in [2.24, 2.45) is 4.99 Å².